The van der Waals surface area contributed by atoms with E-state index in [1.54, 1.807) is 0 Å². The highest BCUT2D eigenvalue weighted by molar-refractivity contribution is 5.68. The maximum atomic E-state index is 11.9. The Morgan fingerprint density at radius 1 is 1.27 bits per heavy atom. The molecule has 1 unspecified atom stereocenters. The average Bonchev–Trinajstić information content (AvgIpc) is 2.83. The number of hydrogen-bond acceptors (Lipinski definition) is 4. The molecule has 0 aliphatic rings. The molecular formula is C17H30N2O3. The molecule has 1 amide bonds. The molecule has 0 aromatic carbocycles. The lowest BCUT2D eigenvalue weighted by Gasteiger charge is -2.26. The number of rotatable bonds is 7. The van der Waals surface area contributed by atoms with E-state index in [2.05, 4.69) is 31.4 Å². The van der Waals surface area contributed by atoms with Crippen molar-refractivity contribution in [1.29, 1.82) is 0 Å². The molecule has 0 bridgehead atoms. The van der Waals surface area contributed by atoms with E-state index in [1.165, 1.54) is 0 Å². The first kappa shape index (κ1) is 18.6. The third kappa shape index (κ3) is 6.98. The lowest BCUT2D eigenvalue weighted by atomic mass is 10.0. The highest BCUT2D eigenvalue weighted by atomic mass is 16.6. The van der Waals surface area contributed by atoms with Crippen LogP contribution in [0, 0.1) is 5.92 Å². The summed E-state index contributed by atoms with van der Waals surface area (Å²) in [7, 11) is 0. The van der Waals surface area contributed by atoms with Gasteiger partial charge in [0.2, 0.25) is 0 Å². The molecule has 126 valence electrons. The summed E-state index contributed by atoms with van der Waals surface area (Å²) in [6.07, 6.45) is 0.522. The van der Waals surface area contributed by atoms with Crippen molar-refractivity contribution in [1.82, 2.24) is 10.6 Å². The Hall–Kier alpha value is -1.49. The molecular weight excluding hydrogens is 280 g/mol. The minimum atomic E-state index is -0.482. The first-order chi connectivity index (χ1) is 10.2. The summed E-state index contributed by atoms with van der Waals surface area (Å²) in [6, 6.07) is 3.99. The van der Waals surface area contributed by atoms with Gasteiger partial charge >= 0.3 is 6.09 Å². The standard InChI is InChI=1S/C17H30N2O3/c1-7-13-8-9-14(21-13)10-18-11-15(12(2)3)19-16(20)22-17(4,5)6/h8-9,12,15,18H,7,10-11H2,1-6H3,(H,19,20). The van der Waals surface area contributed by atoms with Gasteiger partial charge in [-0.2, -0.15) is 0 Å². The second-order valence-electron chi connectivity index (χ2n) is 6.85. The summed E-state index contributed by atoms with van der Waals surface area (Å²) in [4.78, 5) is 11.9. The fourth-order valence-corrected chi connectivity index (χ4v) is 1.97. The van der Waals surface area contributed by atoms with E-state index < -0.39 is 5.60 Å². The predicted octanol–water partition coefficient (Wildman–Crippen LogP) is 3.48. The van der Waals surface area contributed by atoms with Gasteiger partial charge in [0.1, 0.15) is 17.1 Å². The van der Waals surface area contributed by atoms with Gasteiger partial charge in [-0.15, -0.1) is 0 Å². The Kier molecular flexibility index (Phi) is 6.94. The molecule has 0 saturated carbocycles. The van der Waals surface area contributed by atoms with Crippen LogP contribution in [0.3, 0.4) is 0 Å². The number of hydrogen-bond donors (Lipinski definition) is 2. The number of alkyl carbamates (subject to hydrolysis) is 1. The second kappa shape index (κ2) is 8.22. The quantitative estimate of drug-likeness (QED) is 0.809. The number of amides is 1. The van der Waals surface area contributed by atoms with Crippen molar-refractivity contribution in [3.05, 3.63) is 23.7 Å². The van der Waals surface area contributed by atoms with Gasteiger partial charge in [0, 0.05) is 19.0 Å². The number of furan rings is 1. The Balaban J connectivity index is 2.42. The maximum Gasteiger partial charge on any atom is 0.407 e. The van der Waals surface area contributed by atoms with Gasteiger partial charge in [-0.3, -0.25) is 0 Å². The van der Waals surface area contributed by atoms with Crippen LogP contribution in [-0.2, 0) is 17.7 Å². The first-order valence-electron chi connectivity index (χ1n) is 7.99. The molecule has 1 aromatic heterocycles. The predicted molar refractivity (Wildman–Crippen MR) is 87.8 cm³/mol. The number of nitrogens with one attached hydrogen (secondary N) is 2. The van der Waals surface area contributed by atoms with Crippen LogP contribution in [0.5, 0.6) is 0 Å². The third-order valence-corrected chi connectivity index (χ3v) is 3.24. The molecule has 0 aliphatic heterocycles. The van der Waals surface area contributed by atoms with Crippen LogP contribution in [0.15, 0.2) is 16.5 Å². The zero-order valence-corrected chi connectivity index (χ0v) is 14.7. The lowest BCUT2D eigenvalue weighted by Crippen LogP contribution is -2.46. The monoisotopic (exact) mass is 310 g/mol. The fourth-order valence-electron chi connectivity index (χ4n) is 1.97. The smallest absolute Gasteiger partial charge is 0.407 e. The summed E-state index contributed by atoms with van der Waals surface area (Å²) in [5, 5.41) is 6.25. The lowest BCUT2D eigenvalue weighted by molar-refractivity contribution is 0.0490. The summed E-state index contributed by atoms with van der Waals surface area (Å²) in [6.45, 7) is 13.1. The molecule has 1 rings (SSSR count). The SMILES string of the molecule is CCc1ccc(CNCC(NC(=O)OC(C)(C)C)C(C)C)o1. The summed E-state index contributed by atoms with van der Waals surface area (Å²) < 4.78 is 11.0. The van der Waals surface area contributed by atoms with Crippen molar-refractivity contribution >= 4 is 6.09 Å². The largest absolute Gasteiger partial charge is 0.465 e. The molecule has 1 atom stereocenters. The van der Waals surface area contributed by atoms with Crippen LogP contribution in [0.1, 0.15) is 53.1 Å². The van der Waals surface area contributed by atoms with Crippen LogP contribution in [0.25, 0.3) is 0 Å². The molecule has 0 aliphatic carbocycles. The Morgan fingerprint density at radius 2 is 1.91 bits per heavy atom. The molecule has 0 radical (unpaired) electrons. The Morgan fingerprint density at radius 3 is 2.41 bits per heavy atom. The normalized spacial score (nSPS) is 13.2. The van der Waals surface area contributed by atoms with Crippen LogP contribution in [0.2, 0.25) is 0 Å². The van der Waals surface area contributed by atoms with Gasteiger partial charge in [0.15, 0.2) is 0 Å². The number of carbonyl (C=O) groups excluding carboxylic acids is 1. The van der Waals surface area contributed by atoms with Crippen molar-refractivity contribution < 1.29 is 13.9 Å². The van der Waals surface area contributed by atoms with E-state index in [-0.39, 0.29) is 12.1 Å². The molecule has 2 N–H and O–H groups in total. The van der Waals surface area contributed by atoms with Crippen LogP contribution in [-0.4, -0.2) is 24.3 Å². The molecule has 0 saturated heterocycles. The zero-order valence-electron chi connectivity index (χ0n) is 14.7. The van der Waals surface area contributed by atoms with Crippen molar-refractivity contribution in [2.45, 2.75) is 66.2 Å². The second-order valence-corrected chi connectivity index (χ2v) is 6.85. The van der Waals surface area contributed by atoms with Gasteiger partial charge in [-0.05, 0) is 38.8 Å². The van der Waals surface area contributed by atoms with Crippen molar-refractivity contribution in [3.8, 4) is 0 Å². The molecule has 0 spiro atoms. The molecule has 5 nitrogen and oxygen atoms in total. The first-order valence-corrected chi connectivity index (χ1v) is 7.99. The van der Waals surface area contributed by atoms with Crippen molar-refractivity contribution in [2.75, 3.05) is 6.54 Å². The van der Waals surface area contributed by atoms with E-state index in [0.717, 1.165) is 17.9 Å². The van der Waals surface area contributed by atoms with Crippen molar-refractivity contribution in [2.24, 2.45) is 5.92 Å². The van der Waals surface area contributed by atoms with Gasteiger partial charge < -0.3 is 19.8 Å². The highest BCUT2D eigenvalue weighted by Gasteiger charge is 2.21. The van der Waals surface area contributed by atoms with E-state index in [9.17, 15) is 4.79 Å². The number of carbonyl (C=O) groups is 1. The van der Waals surface area contributed by atoms with Crippen LogP contribution in [0.4, 0.5) is 4.79 Å². The molecule has 5 heteroatoms. The third-order valence-electron chi connectivity index (χ3n) is 3.24. The number of ether oxygens (including phenoxy) is 1. The van der Waals surface area contributed by atoms with Gasteiger partial charge in [-0.1, -0.05) is 20.8 Å². The van der Waals surface area contributed by atoms with E-state index >= 15 is 0 Å². The molecule has 1 aromatic rings. The molecule has 1 heterocycles. The topological polar surface area (TPSA) is 63.5 Å². The zero-order chi connectivity index (χ0) is 16.8. The maximum absolute atomic E-state index is 11.9. The molecule has 0 fully saturated rings. The highest BCUT2D eigenvalue weighted by Crippen LogP contribution is 2.10. The van der Waals surface area contributed by atoms with E-state index in [4.69, 9.17) is 9.15 Å². The Labute approximate surface area is 133 Å². The van der Waals surface area contributed by atoms with E-state index in [0.29, 0.717) is 19.0 Å². The van der Waals surface area contributed by atoms with Crippen molar-refractivity contribution in [3.63, 3.8) is 0 Å². The summed E-state index contributed by atoms with van der Waals surface area (Å²) in [5.74, 6) is 2.21. The Bertz CT molecular complexity index is 461. The van der Waals surface area contributed by atoms with E-state index in [1.807, 2.05) is 32.9 Å². The fraction of sp³-hybridized carbons (Fsp3) is 0.706. The summed E-state index contributed by atoms with van der Waals surface area (Å²) in [5.41, 5.74) is -0.482. The summed E-state index contributed by atoms with van der Waals surface area (Å²) >= 11 is 0. The minimum absolute atomic E-state index is 0.00968. The van der Waals surface area contributed by atoms with Crippen LogP contribution < -0.4 is 10.6 Å². The van der Waals surface area contributed by atoms with Gasteiger partial charge in [0.25, 0.3) is 0 Å². The van der Waals surface area contributed by atoms with Crippen LogP contribution >= 0.6 is 0 Å². The average molecular weight is 310 g/mol. The van der Waals surface area contributed by atoms with Gasteiger partial charge in [0.05, 0.1) is 6.54 Å². The van der Waals surface area contributed by atoms with Gasteiger partial charge in [-0.25, -0.2) is 4.79 Å². The molecule has 22 heavy (non-hydrogen) atoms. The minimum Gasteiger partial charge on any atom is -0.465 e. The number of aryl methyl sites for hydroxylation is 1.